The molecule has 0 amide bonds. The van der Waals surface area contributed by atoms with Crippen molar-refractivity contribution in [3.63, 3.8) is 0 Å². The Hall–Kier alpha value is -1.43. The Morgan fingerprint density at radius 2 is 2.20 bits per heavy atom. The lowest BCUT2D eigenvalue weighted by Gasteiger charge is -2.03. The molecule has 5 nitrogen and oxygen atoms in total. The minimum atomic E-state index is -0.691. The number of nitro groups is 1. The molecule has 0 unspecified atom stereocenters. The van der Waals surface area contributed by atoms with Crippen molar-refractivity contribution >= 4 is 27.4 Å². The number of hydrogen-bond donors (Lipinski definition) is 1. The fourth-order valence-corrected chi connectivity index (χ4v) is 1.68. The van der Waals surface area contributed by atoms with Crippen LogP contribution in [-0.4, -0.2) is 15.8 Å². The number of benzene rings is 1. The molecule has 0 bridgehead atoms. The zero-order chi connectivity index (χ0) is 11.6. The maximum absolute atomic E-state index is 10.9. The van der Waals surface area contributed by atoms with Crippen LogP contribution in [0.3, 0.4) is 0 Å². The minimum absolute atomic E-state index is 0.0217. The number of carbonyl (C=O) groups excluding carboxylic acids is 1. The quantitative estimate of drug-likeness (QED) is 0.676. The monoisotopic (exact) mass is 273 g/mol. The Morgan fingerprint density at radius 1 is 1.60 bits per heavy atom. The molecule has 1 aromatic carbocycles. The second kappa shape index (κ2) is 4.39. The first kappa shape index (κ1) is 11.6. The SMILES string of the molecule is CC(=O)Cc1cc(Br)cc([N+](=O)[O-])c1O. The lowest BCUT2D eigenvalue weighted by Crippen LogP contribution is -1.99. The zero-order valence-electron chi connectivity index (χ0n) is 7.86. The highest BCUT2D eigenvalue weighted by atomic mass is 79.9. The molecule has 0 aliphatic heterocycles. The molecular formula is C9H8BrNO4. The number of phenols is 1. The summed E-state index contributed by atoms with van der Waals surface area (Å²) in [7, 11) is 0. The van der Waals surface area contributed by atoms with E-state index in [9.17, 15) is 20.0 Å². The largest absolute Gasteiger partial charge is 0.502 e. The van der Waals surface area contributed by atoms with Crippen molar-refractivity contribution in [3.8, 4) is 5.75 Å². The predicted molar refractivity (Wildman–Crippen MR) is 56.8 cm³/mol. The van der Waals surface area contributed by atoms with Gasteiger partial charge in [-0.05, 0) is 13.0 Å². The van der Waals surface area contributed by atoms with Crippen LogP contribution in [0.1, 0.15) is 12.5 Å². The molecule has 0 saturated heterocycles. The molecule has 0 heterocycles. The summed E-state index contributed by atoms with van der Waals surface area (Å²) in [6.07, 6.45) is -0.0217. The van der Waals surface area contributed by atoms with E-state index in [-0.39, 0.29) is 17.8 Å². The van der Waals surface area contributed by atoms with Crippen molar-refractivity contribution in [2.24, 2.45) is 0 Å². The second-order valence-corrected chi connectivity index (χ2v) is 3.98. The summed E-state index contributed by atoms with van der Waals surface area (Å²) in [5.41, 5.74) is -0.149. The maximum Gasteiger partial charge on any atom is 0.312 e. The highest BCUT2D eigenvalue weighted by Crippen LogP contribution is 2.33. The van der Waals surface area contributed by atoms with Crippen LogP contribution in [0.2, 0.25) is 0 Å². The number of nitro benzene ring substituents is 1. The Balaban J connectivity index is 3.28. The van der Waals surface area contributed by atoms with Gasteiger partial charge in [-0.2, -0.15) is 0 Å². The number of nitrogens with zero attached hydrogens (tertiary/aromatic N) is 1. The van der Waals surface area contributed by atoms with Gasteiger partial charge in [0, 0.05) is 22.5 Å². The molecular weight excluding hydrogens is 266 g/mol. The standard InChI is InChI=1S/C9H8BrNO4/c1-5(12)2-6-3-7(10)4-8(9(6)13)11(14)15/h3-4,13H,2H2,1H3. The molecule has 0 fully saturated rings. The van der Waals surface area contributed by atoms with E-state index in [0.717, 1.165) is 0 Å². The average molecular weight is 274 g/mol. The normalized spacial score (nSPS) is 10.0. The molecule has 6 heteroatoms. The summed E-state index contributed by atoms with van der Waals surface area (Å²) in [6, 6.07) is 2.68. The second-order valence-electron chi connectivity index (χ2n) is 3.07. The summed E-state index contributed by atoms with van der Waals surface area (Å²) in [5, 5.41) is 20.1. The Bertz CT molecular complexity index is 430. The summed E-state index contributed by atoms with van der Waals surface area (Å²) in [5.74, 6) is -0.615. The van der Waals surface area contributed by atoms with Gasteiger partial charge in [0.25, 0.3) is 0 Å². The highest BCUT2D eigenvalue weighted by Gasteiger charge is 2.18. The van der Waals surface area contributed by atoms with Gasteiger partial charge in [-0.3, -0.25) is 14.9 Å². The van der Waals surface area contributed by atoms with E-state index in [0.29, 0.717) is 4.47 Å². The first-order valence-corrected chi connectivity index (χ1v) is 4.86. The van der Waals surface area contributed by atoms with E-state index < -0.39 is 16.4 Å². The predicted octanol–water partition coefficient (Wildman–Crippen LogP) is 2.19. The molecule has 1 aromatic rings. The molecule has 0 radical (unpaired) electrons. The van der Waals surface area contributed by atoms with E-state index in [4.69, 9.17) is 0 Å². The van der Waals surface area contributed by atoms with Crippen molar-refractivity contribution in [2.45, 2.75) is 13.3 Å². The molecule has 80 valence electrons. The highest BCUT2D eigenvalue weighted by molar-refractivity contribution is 9.10. The Morgan fingerprint density at radius 3 is 2.67 bits per heavy atom. The van der Waals surface area contributed by atoms with Crippen LogP contribution in [0.4, 0.5) is 5.69 Å². The van der Waals surface area contributed by atoms with Crippen LogP contribution in [0.25, 0.3) is 0 Å². The van der Waals surface area contributed by atoms with Gasteiger partial charge >= 0.3 is 5.69 Å². The summed E-state index contributed by atoms with van der Waals surface area (Å²) in [4.78, 5) is 20.7. The molecule has 0 aromatic heterocycles. The van der Waals surface area contributed by atoms with E-state index in [1.54, 1.807) is 0 Å². The lowest BCUT2D eigenvalue weighted by molar-refractivity contribution is -0.386. The molecule has 0 spiro atoms. The number of phenolic OH excluding ortho intramolecular Hbond substituents is 1. The number of rotatable bonds is 3. The van der Waals surface area contributed by atoms with Crippen LogP contribution in [0.5, 0.6) is 5.75 Å². The number of ketones is 1. The summed E-state index contributed by atoms with van der Waals surface area (Å²) >= 11 is 3.08. The van der Waals surface area contributed by atoms with Gasteiger partial charge in [0.15, 0.2) is 5.75 Å². The number of halogens is 1. The minimum Gasteiger partial charge on any atom is -0.502 e. The van der Waals surface area contributed by atoms with Crippen LogP contribution >= 0.6 is 15.9 Å². The van der Waals surface area contributed by atoms with Gasteiger partial charge in [0.05, 0.1) is 4.92 Å². The van der Waals surface area contributed by atoms with Gasteiger partial charge in [0.2, 0.25) is 0 Å². The van der Waals surface area contributed by atoms with Crippen LogP contribution in [0.15, 0.2) is 16.6 Å². The van der Waals surface area contributed by atoms with Crippen molar-refractivity contribution in [2.75, 3.05) is 0 Å². The summed E-state index contributed by atoms with van der Waals surface area (Å²) < 4.78 is 0.461. The molecule has 0 saturated carbocycles. The van der Waals surface area contributed by atoms with Crippen LogP contribution in [-0.2, 0) is 11.2 Å². The molecule has 1 N–H and O–H groups in total. The van der Waals surface area contributed by atoms with Gasteiger partial charge < -0.3 is 5.11 Å². The molecule has 0 aliphatic carbocycles. The fraction of sp³-hybridized carbons (Fsp3) is 0.222. The molecule has 0 atom stereocenters. The van der Waals surface area contributed by atoms with Gasteiger partial charge in [-0.25, -0.2) is 0 Å². The third-order valence-corrected chi connectivity index (χ3v) is 2.23. The number of Topliss-reactive ketones (excluding diaryl/α,β-unsaturated/α-hetero) is 1. The first-order chi connectivity index (χ1) is 6.91. The van der Waals surface area contributed by atoms with Gasteiger partial charge in [0.1, 0.15) is 5.78 Å². The zero-order valence-corrected chi connectivity index (χ0v) is 9.44. The third kappa shape index (κ3) is 2.76. The van der Waals surface area contributed by atoms with Gasteiger partial charge in [-0.1, -0.05) is 15.9 Å². The first-order valence-electron chi connectivity index (χ1n) is 4.07. The van der Waals surface area contributed by atoms with E-state index in [2.05, 4.69) is 15.9 Å². The Kier molecular flexibility index (Phi) is 3.41. The fourth-order valence-electron chi connectivity index (χ4n) is 1.18. The van der Waals surface area contributed by atoms with Crippen molar-refractivity contribution in [1.29, 1.82) is 0 Å². The van der Waals surface area contributed by atoms with Gasteiger partial charge in [-0.15, -0.1) is 0 Å². The lowest BCUT2D eigenvalue weighted by atomic mass is 10.1. The smallest absolute Gasteiger partial charge is 0.312 e. The maximum atomic E-state index is 10.9. The molecule has 0 aliphatic rings. The van der Waals surface area contributed by atoms with Crippen molar-refractivity contribution in [1.82, 2.24) is 0 Å². The topological polar surface area (TPSA) is 80.4 Å². The number of hydrogen-bond acceptors (Lipinski definition) is 4. The summed E-state index contributed by atoms with van der Waals surface area (Å²) in [6.45, 7) is 1.35. The third-order valence-electron chi connectivity index (χ3n) is 1.77. The van der Waals surface area contributed by atoms with E-state index in [1.807, 2.05) is 0 Å². The van der Waals surface area contributed by atoms with E-state index in [1.165, 1.54) is 19.1 Å². The van der Waals surface area contributed by atoms with Crippen LogP contribution in [0, 0.1) is 10.1 Å². The average Bonchev–Trinajstić information content (AvgIpc) is 2.09. The Labute approximate surface area is 94.0 Å². The van der Waals surface area contributed by atoms with Crippen molar-refractivity contribution in [3.05, 3.63) is 32.3 Å². The number of carbonyl (C=O) groups is 1. The molecule has 1 rings (SSSR count). The van der Waals surface area contributed by atoms with Crippen molar-refractivity contribution < 1.29 is 14.8 Å². The molecule has 15 heavy (non-hydrogen) atoms. The van der Waals surface area contributed by atoms with E-state index >= 15 is 0 Å². The van der Waals surface area contributed by atoms with Crippen LogP contribution < -0.4 is 0 Å². The number of aromatic hydroxyl groups is 1.